The highest BCUT2D eigenvalue weighted by molar-refractivity contribution is 5.75. The van der Waals surface area contributed by atoms with Gasteiger partial charge in [-0.05, 0) is 30.7 Å². The van der Waals surface area contributed by atoms with Crippen LogP contribution in [0.3, 0.4) is 0 Å². The van der Waals surface area contributed by atoms with Gasteiger partial charge in [0.2, 0.25) is 5.79 Å². The van der Waals surface area contributed by atoms with E-state index in [-0.39, 0.29) is 0 Å². The van der Waals surface area contributed by atoms with Crippen molar-refractivity contribution in [3.8, 4) is 0 Å². The third-order valence-electron chi connectivity index (χ3n) is 2.57. The van der Waals surface area contributed by atoms with Gasteiger partial charge in [0.1, 0.15) is 0 Å². The summed E-state index contributed by atoms with van der Waals surface area (Å²) in [7, 11) is 0. The molecular formula is C13H14O3. The van der Waals surface area contributed by atoms with Crippen molar-refractivity contribution < 1.29 is 15.3 Å². The van der Waals surface area contributed by atoms with E-state index in [0.717, 1.165) is 0 Å². The van der Waals surface area contributed by atoms with Crippen molar-refractivity contribution in [2.75, 3.05) is 0 Å². The first-order valence-electron chi connectivity index (χ1n) is 5.07. The zero-order valence-corrected chi connectivity index (χ0v) is 8.96. The van der Waals surface area contributed by atoms with Crippen molar-refractivity contribution in [1.82, 2.24) is 0 Å². The molecule has 0 saturated carbocycles. The van der Waals surface area contributed by atoms with Crippen molar-refractivity contribution in [3.05, 3.63) is 54.1 Å². The van der Waals surface area contributed by atoms with E-state index in [1.54, 1.807) is 31.2 Å². The van der Waals surface area contributed by atoms with Gasteiger partial charge in [0, 0.05) is 5.57 Å². The van der Waals surface area contributed by atoms with Gasteiger partial charge >= 0.3 is 0 Å². The molecule has 0 fully saturated rings. The van der Waals surface area contributed by atoms with Crippen LogP contribution in [0.1, 0.15) is 12.5 Å². The fourth-order valence-corrected chi connectivity index (χ4v) is 1.73. The predicted molar refractivity (Wildman–Crippen MR) is 61.4 cm³/mol. The third-order valence-corrected chi connectivity index (χ3v) is 2.57. The smallest absolute Gasteiger partial charge is 0.210 e. The molecule has 0 radical (unpaired) electrons. The predicted octanol–water partition coefficient (Wildman–Crippen LogP) is 1.07. The van der Waals surface area contributed by atoms with E-state index in [1.165, 1.54) is 18.2 Å². The van der Waals surface area contributed by atoms with E-state index >= 15 is 0 Å². The van der Waals surface area contributed by atoms with Gasteiger partial charge < -0.3 is 15.3 Å². The van der Waals surface area contributed by atoms with Crippen LogP contribution in [0.25, 0.3) is 5.57 Å². The Balaban J connectivity index is 2.50. The van der Waals surface area contributed by atoms with Crippen molar-refractivity contribution >= 4 is 5.57 Å². The molecule has 1 aliphatic carbocycles. The van der Waals surface area contributed by atoms with Crippen molar-refractivity contribution in [2.45, 2.75) is 18.3 Å². The van der Waals surface area contributed by atoms with E-state index in [4.69, 9.17) is 0 Å². The van der Waals surface area contributed by atoms with E-state index < -0.39 is 11.4 Å². The molecule has 2 rings (SSSR count). The van der Waals surface area contributed by atoms with E-state index in [2.05, 4.69) is 0 Å². The van der Waals surface area contributed by atoms with Gasteiger partial charge in [0.15, 0.2) is 0 Å². The maximum absolute atomic E-state index is 9.85. The molecule has 0 saturated heterocycles. The minimum atomic E-state index is -2.02. The Morgan fingerprint density at radius 2 is 1.56 bits per heavy atom. The van der Waals surface area contributed by atoms with Crippen LogP contribution >= 0.6 is 0 Å². The van der Waals surface area contributed by atoms with Crippen molar-refractivity contribution in [2.24, 2.45) is 0 Å². The molecule has 3 N–H and O–H groups in total. The average Bonchev–Trinajstić information content (AvgIpc) is 2.24. The summed E-state index contributed by atoms with van der Waals surface area (Å²) in [5.41, 5.74) is -0.183. The van der Waals surface area contributed by atoms with Crippen LogP contribution in [0.4, 0.5) is 0 Å². The van der Waals surface area contributed by atoms with Gasteiger partial charge in [-0.15, -0.1) is 0 Å². The molecule has 0 heterocycles. The molecule has 3 nitrogen and oxygen atoms in total. The van der Waals surface area contributed by atoms with Crippen LogP contribution in [0.2, 0.25) is 0 Å². The molecule has 16 heavy (non-hydrogen) atoms. The lowest BCUT2D eigenvalue weighted by molar-refractivity contribution is -0.0684. The topological polar surface area (TPSA) is 60.7 Å². The van der Waals surface area contributed by atoms with Gasteiger partial charge in [0.05, 0.1) is 5.60 Å². The summed E-state index contributed by atoms with van der Waals surface area (Å²) < 4.78 is 0. The second-order valence-corrected chi connectivity index (χ2v) is 4.21. The standard InChI is InChI=1S/C13H14O3/c1-12(14)7-8-13(15,16)11(9-12)10-5-3-2-4-6-10/h2-9,14-16H,1H3. The molecular weight excluding hydrogens is 204 g/mol. The first kappa shape index (κ1) is 11.1. The first-order valence-corrected chi connectivity index (χ1v) is 5.07. The van der Waals surface area contributed by atoms with E-state index in [1.807, 2.05) is 6.07 Å². The highest BCUT2D eigenvalue weighted by atomic mass is 16.5. The minimum absolute atomic E-state index is 0.292. The molecule has 1 unspecified atom stereocenters. The summed E-state index contributed by atoms with van der Waals surface area (Å²) in [5.74, 6) is -2.02. The molecule has 1 aromatic carbocycles. The fourth-order valence-electron chi connectivity index (χ4n) is 1.73. The molecule has 1 aliphatic rings. The summed E-state index contributed by atoms with van der Waals surface area (Å²) in [6, 6.07) is 8.99. The van der Waals surface area contributed by atoms with Crippen LogP contribution in [0.15, 0.2) is 48.6 Å². The molecule has 3 heteroatoms. The van der Waals surface area contributed by atoms with Gasteiger partial charge in [-0.3, -0.25) is 0 Å². The Morgan fingerprint density at radius 1 is 0.938 bits per heavy atom. The summed E-state index contributed by atoms with van der Waals surface area (Å²) in [6.45, 7) is 1.58. The van der Waals surface area contributed by atoms with Gasteiger partial charge in [0.25, 0.3) is 0 Å². The second kappa shape index (κ2) is 3.56. The molecule has 0 bridgehead atoms. The normalized spacial score (nSPS) is 27.6. The molecule has 0 amide bonds. The Kier molecular flexibility index (Phi) is 2.46. The summed E-state index contributed by atoms with van der Waals surface area (Å²) in [5, 5.41) is 29.5. The first-order chi connectivity index (χ1) is 7.41. The van der Waals surface area contributed by atoms with Crippen LogP contribution < -0.4 is 0 Å². The number of hydrogen-bond acceptors (Lipinski definition) is 3. The minimum Gasteiger partial charge on any atom is -0.382 e. The third kappa shape index (κ3) is 2.07. The Bertz CT molecular complexity index is 442. The summed E-state index contributed by atoms with van der Waals surface area (Å²) >= 11 is 0. The van der Waals surface area contributed by atoms with Crippen LogP contribution in [0, 0.1) is 0 Å². The van der Waals surface area contributed by atoms with Crippen LogP contribution in [-0.2, 0) is 0 Å². The highest BCUT2D eigenvalue weighted by Crippen LogP contribution is 2.33. The quantitative estimate of drug-likeness (QED) is 0.488. The average molecular weight is 218 g/mol. The van der Waals surface area contributed by atoms with Gasteiger partial charge in [-0.2, -0.15) is 0 Å². The lowest BCUT2D eigenvalue weighted by Gasteiger charge is -2.30. The second-order valence-electron chi connectivity index (χ2n) is 4.21. The Morgan fingerprint density at radius 3 is 2.19 bits per heavy atom. The Labute approximate surface area is 94.0 Å². The maximum atomic E-state index is 9.85. The highest BCUT2D eigenvalue weighted by Gasteiger charge is 2.33. The molecule has 0 aliphatic heterocycles. The van der Waals surface area contributed by atoms with E-state index in [9.17, 15) is 15.3 Å². The molecule has 84 valence electrons. The van der Waals surface area contributed by atoms with E-state index in [0.29, 0.717) is 11.1 Å². The van der Waals surface area contributed by atoms with Crippen molar-refractivity contribution in [1.29, 1.82) is 0 Å². The van der Waals surface area contributed by atoms with Crippen molar-refractivity contribution in [3.63, 3.8) is 0 Å². The monoisotopic (exact) mass is 218 g/mol. The maximum Gasteiger partial charge on any atom is 0.210 e. The zero-order chi connectivity index (χ0) is 11.8. The zero-order valence-electron chi connectivity index (χ0n) is 8.96. The lowest BCUT2D eigenvalue weighted by atomic mass is 9.86. The lowest BCUT2D eigenvalue weighted by Crippen LogP contribution is -2.34. The fraction of sp³-hybridized carbons (Fsp3) is 0.231. The molecule has 0 aromatic heterocycles. The molecule has 1 aromatic rings. The van der Waals surface area contributed by atoms with Crippen LogP contribution in [0.5, 0.6) is 0 Å². The van der Waals surface area contributed by atoms with Crippen LogP contribution in [-0.4, -0.2) is 26.7 Å². The summed E-state index contributed by atoms with van der Waals surface area (Å²) in [4.78, 5) is 0. The number of rotatable bonds is 1. The molecule has 1 atom stereocenters. The molecule has 0 spiro atoms. The number of benzene rings is 1. The number of aliphatic hydroxyl groups is 3. The largest absolute Gasteiger partial charge is 0.382 e. The summed E-state index contributed by atoms with van der Waals surface area (Å²) in [6.07, 6.45) is 4.00. The van der Waals surface area contributed by atoms with Gasteiger partial charge in [-0.25, -0.2) is 0 Å². The van der Waals surface area contributed by atoms with Gasteiger partial charge in [-0.1, -0.05) is 30.3 Å². The SMILES string of the molecule is CC1(O)C=CC(O)(O)C(c2ccccc2)=C1. The number of hydrogen-bond donors (Lipinski definition) is 3. The Hall–Kier alpha value is -1.42.